The minimum atomic E-state index is -0.866. The minimum Gasteiger partial charge on any atom is -0.495 e. The third-order valence-electron chi connectivity index (χ3n) is 4.97. The van der Waals surface area contributed by atoms with Crippen molar-refractivity contribution in [3.63, 3.8) is 0 Å². The summed E-state index contributed by atoms with van der Waals surface area (Å²) in [5.41, 5.74) is 0.520. The van der Waals surface area contributed by atoms with Gasteiger partial charge in [-0.3, -0.25) is 15.0 Å². The molecule has 0 aliphatic carbocycles. The molecule has 7 nitrogen and oxygen atoms in total. The Kier molecular flexibility index (Phi) is 6.28. The lowest BCUT2D eigenvalue weighted by Gasteiger charge is -2.38. The molecule has 0 radical (unpaired) electrons. The molecule has 0 bridgehead atoms. The Labute approximate surface area is 164 Å². The number of anilines is 1. The summed E-state index contributed by atoms with van der Waals surface area (Å²) in [5.74, 6) is 0.124. The highest BCUT2D eigenvalue weighted by Crippen LogP contribution is 2.32. The zero-order chi connectivity index (χ0) is 20.0. The van der Waals surface area contributed by atoms with Crippen LogP contribution in [0.25, 0.3) is 0 Å². The van der Waals surface area contributed by atoms with Gasteiger partial charge in [0.15, 0.2) is 0 Å². The number of benzene rings is 2. The van der Waals surface area contributed by atoms with Crippen LogP contribution in [-0.2, 0) is 10.4 Å². The Balaban J connectivity index is 1.47. The fourth-order valence-electron chi connectivity index (χ4n) is 3.39. The zero-order valence-corrected chi connectivity index (χ0v) is 15.9. The molecule has 0 saturated carbocycles. The molecule has 0 aromatic heterocycles. The first kappa shape index (κ1) is 19.9. The van der Waals surface area contributed by atoms with Crippen molar-refractivity contribution >= 4 is 17.6 Å². The summed E-state index contributed by atoms with van der Waals surface area (Å²) >= 11 is 0. The van der Waals surface area contributed by atoms with Gasteiger partial charge in [0.05, 0.1) is 24.9 Å². The van der Waals surface area contributed by atoms with Gasteiger partial charge in [0, 0.05) is 13.1 Å². The fraction of sp³-hybridized carbons (Fsp3) is 0.333. The quantitative estimate of drug-likeness (QED) is 0.737. The van der Waals surface area contributed by atoms with E-state index in [0.29, 0.717) is 37.4 Å². The van der Waals surface area contributed by atoms with Crippen LogP contribution in [-0.4, -0.2) is 48.7 Å². The summed E-state index contributed by atoms with van der Waals surface area (Å²) < 4.78 is 5.17. The maximum Gasteiger partial charge on any atom is 0.326 e. The van der Waals surface area contributed by atoms with Crippen LogP contribution in [0.5, 0.6) is 5.75 Å². The SMILES string of the molecule is COc1ccccc1NC(=O)NC(=O)CN1CCC(O)(c2ccccc2)CC1. The molecule has 148 valence electrons. The van der Waals surface area contributed by atoms with Crippen molar-refractivity contribution in [2.45, 2.75) is 18.4 Å². The Bertz CT molecular complexity index is 817. The van der Waals surface area contributed by atoms with Gasteiger partial charge in [-0.05, 0) is 30.5 Å². The number of hydrogen-bond acceptors (Lipinski definition) is 5. The second-order valence-electron chi connectivity index (χ2n) is 6.88. The van der Waals surface area contributed by atoms with E-state index in [-0.39, 0.29) is 6.54 Å². The highest BCUT2D eigenvalue weighted by molar-refractivity contribution is 6.02. The molecule has 1 saturated heterocycles. The number of urea groups is 1. The second-order valence-corrected chi connectivity index (χ2v) is 6.88. The van der Waals surface area contributed by atoms with Crippen LogP contribution < -0.4 is 15.4 Å². The van der Waals surface area contributed by atoms with E-state index in [0.717, 1.165) is 5.56 Å². The van der Waals surface area contributed by atoms with E-state index in [2.05, 4.69) is 10.6 Å². The van der Waals surface area contributed by atoms with Crippen LogP contribution in [0.2, 0.25) is 0 Å². The Morgan fingerprint density at radius 1 is 1.07 bits per heavy atom. The highest BCUT2D eigenvalue weighted by Gasteiger charge is 2.34. The fourth-order valence-corrected chi connectivity index (χ4v) is 3.39. The predicted molar refractivity (Wildman–Crippen MR) is 106 cm³/mol. The molecule has 2 aromatic carbocycles. The van der Waals surface area contributed by atoms with Crippen molar-refractivity contribution in [3.05, 3.63) is 60.2 Å². The van der Waals surface area contributed by atoms with Crippen LogP contribution in [0.4, 0.5) is 10.5 Å². The number of aliphatic hydroxyl groups is 1. The summed E-state index contributed by atoms with van der Waals surface area (Å²) in [6.07, 6.45) is 1.08. The van der Waals surface area contributed by atoms with Crippen LogP contribution in [0.15, 0.2) is 54.6 Å². The number of nitrogens with zero attached hydrogens (tertiary/aromatic N) is 1. The van der Waals surface area contributed by atoms with Gasteiger partial charge < -0.3 is 15.2 Å². The summed E-state index contributed by atoms with van der Waals surface area (Å²) in [5, 5.41) is 15.8. The van der Waals surface area contributed by atoms with Crippen molar-refractivity contribution in [1.82, 2.24) is 10.2 Å². The van der Waals surface area contributed by atoms with Gasteiger partial charge >= 0.3 is 6.03 Å². The number of amides is 3. The predicted octanol–water partition coefficient (Wildman–Crippen LogP) is 2.33. The summed E-state index contributed by atoms with van der Waals surface area (Å²) in [4.78, 5) is 26.2. The monoisotopic (exact) mass is 383 g/mol. The molecule has 7 heteroatoms. The molecule has 0 unspecified atom stereocenters. The smallest absolute Gasteiger partial charge is 0.326 e. The molecule has 2 aromatic rings. The van der Waals surface area contributed by atoms with Crippen molar-refractivity contribution in [1.29, 1.82) is 0 Å². The second kappa shape index (κ2) is 8.86. The van der Waals surface area contributed by atoms with Gasteiger partial charge in [0.25, 0.3) is 0 Å². The van der Waals surface area contributed by atoms with E-state index in [9.17, 15) is 14.7 Å². The Morgan fingerprint density at radius 3 is 2.39 bits per heavy atom. The van der Waals surface area contributed by atoms with Crippen LogP contribution in [0.3, 0.4) is 0 Å². The molecule has 1 fully saturated rings. The van der Waals surface area contributed by atoms with E-state index in [1.54, 1.807) is 24.3 Å². The van der Waals surface area contributed by atoms with Crippen molar-refractivity contribution < 1.29 is 19.4 Å². The van der Waals surface area contributed by atoms with Gasteiger partial charge in [0.1, 0.15) is 5.75 Å². The molecule has 1 aliphatic rings. The van der Waals surface area contributed by atoms with E-state index in [1.807, 2.05) is 35.2 Å². The molecule has 0 spiro atoms. The highest BCUT2D eigenvalue weighted by atomic mass is 16.5. The minimum absolute atomic E-state index is 0.101. The molecule has 3 rings (SSSR count). The number of imide groups is 1. The van der Waals surface area contributed by atoms with Gasteiger partial charge in [-0.1, -0.05) is 42.5 Å². The lowest BCUT2D eigenvalue weighted by Crippen LogP contribution is -2.47. The largest absolute Gasteiger partial charge is 0.495 e. The maximum atomic E-state index is 12.2. The molecule has 3 N–H and O–H groups in total. The number of likely N-dealkylation sites (tertiary alicyclic amines) is 1. The topological polar surface area (TPSA) is 90.9 Å². The number of piperidine rings is 1. The van der Waals surface area contributed by atoms with Gasteiger partial charge in [-0.2, -0.15) is 0 Å². The molecule has 1 aliphatic heterocycles. The summed E-state index contributed by atoms with van der Waals surface area (Å²) in [7, 11) is 1.51. The standard InChI is InChI=1S/C21H25N3O4/c1-28-18-10-6-5-9-17(18)22-20(26)23-19(25)15-24-13-11-21(27,12-14-24)16-7-3-2-4-8-16/h2-10,27H,11-15H2,1H3,(H2,22,23,25,26). The number of nitrogens with one attached hydrogen (secondary N) is 2. The summed E-state index contributed by atoms with van der Waals surface area (Å²) in [6, 6.07) is 15.9. The first-order chi connectivity index (χ1) is 13.5. The molecular formula is C21H25N3O4. The normalized spacial score (nSPS) is 16.2. The molecular weight excluding hydrogens is 358 g/mol. The number of ether oxygens (including phenoxy) is 1. The number of hydrogen-bond donors (Lipinski definition) is 3. The van der Waals surface area contributed by atoms with Crippen LogP contribution in [0.1, 0.15) is 18.4 Å². The first-order valence-electron chi connectivity index (χ1n) is 9.24. The van der Waals surface area contributed by atoms with Gasteiger partial charge in [-0.15, -0.1) is 0 Å². The third kappa shape index (κ3) is 4.88. The number of para-hydroxylation sites is 2. The molecule has 3 amide bonds. The number of carbonyl (C=O) groups excluding carboxylic acids is 2. The van der Waals surface area contributed by atoms with Gasteiger partial charge in [-0.25, -0.2) is 4.79 Å². The number of carbonyl (C=O) groups is 2. The lowest BCUT2D eigenvalue weighted by atomic mass is 9.84. The zero-order valence-electron chi connectivity index (χ0n) is 15.9. The van der Waals surface area contributed by atoms with Crippen molar-refractivity contribution in [2.75, 3.05) is 32.1 Å². The Morgan fingerprint density at radius 2 is 1.71 bits per heavy atom. The van der Waals surface area contributed by atoms with Crippen LogP contribution in [0, 0.1) is 0 Å². The average Bonchev–Trinajstić information content (AvgIpc) is 2.71. The van der Waals surface area contributed by atoms with Gasteiger partial charge in [0.2, 0.25) is 5.91 Å². The average molecular weight is 383 g/mol. The number of rotatable bonds is 5. The van der Waals surface area contributed by atoms with E-state index >= 15 is 0 Å². The maximum absolute atomic E-state index is 12.2. The first-order valence-corrected chi connectivity index (χ1v) is 9.24. The molecule has 0 atom stereocenters. The lowest BCUT2D eigenvalue weighted by molar-refractivity contribution is -0.122. The molecule has 28 heavy (non-hydrogen) atoms. The summed E-state index contributed by atoms with van der Waals surface area (Å²) in [6.45, 7) is 1.25. The van der Waals surface area contributed by atoms with Crippen LogP contribution >= 0.6 is 0 Å². The van der Waals surface area contributed by atoms with Crippen molar-refractivity contribution in [3.8, 4) is 5.75 Å². The van der Waals surface area contributed by atoms with Crippen molar-refractivity contribution in [2.24, 2.45) is 0 Å². The molecule has 1 heterocycles. The van der Waals surface area contributed by atoms with E-state index in [1.165, 1.54) is 7.11 Å². The Hall–Kier alpha value is -2.90. The number of methoxy groups -OCH3 is 1. The van der Waals surface area contributed by atoms with E-state index in [4.69, 9.17) is 4.74 Å². The van der Waals surface area contributed by atoms with E-state index < -0.39 is 17.5 Å². The third-order valence-corrected chi connectivity index (χ3v) is 4.97.